The summed E-state index contributed by atoms with van der Waals surface area (Å²) >= 11 is 0. The molecule has 194 valence electrons. The molecule has 1 saturated carbocycles. The van der Waals surface area contributed by atoms with Crippen molar-refractivity contribution in [1.82, 2.24) is 10.2 Å². The molecule has 1 aliphatic carbocycles. The zero-order chi connectivity index (χ0) is 26.6. The second-order valence-electron chi connectivity index (χ2n) is 8.52. The molecule has 1 saturated heterocycles. The monoisotopic (exact) mass is 516 g/mol. The van der Waals surface area contributed by atoms with E-state index in [9.17, 15) is 22.4 Å². The summed E-state index contributed by atoms with van der Waals surface area (Å²) in [6.07, 6.45) is 3.66. The maximum absolute atomic E-state index is 12.4. The van der Waals surface area contributed by atoms with Crippen LogP contribution in [-0.2, 0) is 14.6 Å². The first-order valence-corrected chi connectivity index (χ1v) is 13.7. The summed E-state index contributed by atoms with van der Waals surface area (Å²) in [7, 11) is -3.04. The van der Waals surface area contributed by atoms with Gasteiger partial charge in [-0.1, -0.05) is 19.1 Å². The first-order valence-electron chi connectivity index (χ1n) is 11.9. The Hall–Kier alpha value is -3.29. The molecule has 10 heteroatoms. The van der Waals surface area contributed by atoms with Crippen molar-refractivity contribution >= 4 is 21.7 Å². The molecular weight excluding hydrogens is 483 g/mol. The van der Waals surface area contributed by atoms with Crippen LogP contribution in [-0.4, -0.2) is 62.8 Å². The van der Waals surface area contributed by atoms with Crippen LogP contribution in [0.3, 0.4) is 0 Å². The molecule has 0 bridgehead atoms. The molecule has 0 unspecified atom stereocenters. The van der Waals surface area contributed by atoms with Gasteiger partial charge >= 0.3 is 0 Å². The minimum absolute atomic E-state index is 0.0394. The number of rotatable bonds is 5. The quantitative estimate of drug-likeness (QED) is 0.628. The summed E-state index contributed by atoms with van der Waals surface area (Å²) in [5.74, 6) is -0.200. The molecule has 2 aliphatic rings. The van der Waals surface area contributed by atoms with Gasteiger partial charge in [0, 0.05) is 18.7 Å². The number of halogens is 1. The summed E-state index contributed by atoms with van der Waals surface area (Å²) in [6, 6.07) is 14.8. The van der Waals surface area contributed by atoms with Gasteiger partial charge in [-0.05, 0) is 73.7 Å². The summed E-state index contributed by atoms with van der Waals surface area (Å²) in [5, 5.41) is 11.2. The highest BCUT2D eigenvalue weighted by atomic mass is 32.2. The molecule has 0 aromatic heterocycles. The molecule has 2 aromatic rings. The molecule has 0 atom stereocenters. The van der Waals surface area contributed by atoms with Crippen LogP contribution in [0.2, 0.25) is 0 Å². The topological polar surface area (TPSA) is 133 Å². The molecule has 1 aliphatic heterocycles. The fraction of sp³-hybridized carbons (Fsp3) is 0.423. The fourth-order valence-corrected chi connectivity index (χ4v) is 4.38. The van der Waals surface area contributed by atoms with Crippen LogP contribution in [0.4, 0.5) is 4.39 Å². The Labute approximate surface area is 212 Å². The van der Waals surface area contributed by atoms with Gasteiger partial charge in [0.15, 0.2) is 9.84 Å². The highest BCUT2D eigenvalue weighted by Crippen LogP contribution is 2.39. The average Bonchev–Trinajstić information content (AvgIpc) is 3.74. The molecular formula is C26H33FN4O4S. The van der Waals surface area contributed by atoms with Gasteiger partial charge in [0.05, 0.1) is 29.7 Å². The maximum Gasteiger partial charge on any atom is 0.251 e. The van der Waals surface area contributed by atoms with E-state index in [1.165, 1.54) is 59.7 Å². The van der Waals surface area contributed by atoms with Crippen molar-refractivity contribution in [2.45, 2.75) is 32.1 Å². The Morgan fingerprint density at radius 1 is 1.08 bits per heavy atom. The van der Waals surface area contributed by atoms with Crippen LogP contribution in [0.15, 0.2) is 48.5 Å². The predicted octanol–water partition coefficient (Wildman–Crippen LogP) is 2.60. The zero-order valence-corrected chi connectivity index (χ0v) is 21.3. The number of amides is 2. The Bertz CT molecular complexity index is 1130. The van der Waals surface area contributed by atoms with Crippen LogP contribution in [0.5, 0.6) is 0 Å². The van der Waals surface area contributed by atoms with Crippen molar-refractivity contribution in [2.24, 2.45) is 5.73 Å². The van der Waals surface area contributed by atoms with Gasteiger partial charge in [-0.25, -0.2) is 12.8 Å². The summed E-state index contributed by atoms with van der Waals surface area (Å²) in [5.41, 5.74) is 7.12. The SMILES string of the molecule is CCCN.Fc1ccc(C2CC2)cc1.N#Cc1ccc(C(=O)NCC(=O)N2CCS(=O)(=O)CC2)cc1. The molecule has 1 heterocycles. The molecule has 2 fully saturated rings. The second kappa shape index (κ2) is 14.3. The molecule has 0 spiro atoms. The first kappa shape index (κ1) is 28.9. The molecule has 3 N–H and O–H groups in total. The van der Waals surface area contributed by atoms with Crippen LogP contribution in [0.1, 0.15) is 53.6 Å². The van der Waals surface area contributed by atoms with Crippen molar-refractivity contribution in [3.8, 4) is 6.07 Å². The van der Waals surface area contributed by atoms with Gasteiger partial charge in [0.1, 0.15) is 5.82 Å². The largest absolute Gasteiger partial charge is 0.343 e. The summed E-state index contributed by atoms with van der Waals surface area (Å²) < 4.78 is 35.0. The molecule has 8 nitrogen and oxygen atoms in total. The number of hydrogen-bond donors (Lipinski definition) is 2. The van der Waals surface area contributed by atoms with Gasteiger partial charge in [-0.2, -0.15) is 5.26 Å². The van der Waals surface area contributed by atoms with Crippen molar-refractivity contribution in [2.75, 3.05) is 37.7 Å². The third kappa shape index (κ3) is 10.1. The molecule has 2 aromatic carbocycles. The second-order valence-corrected chi connectivity index (χ2v) is 10.8. The predicted molar refractivity (Wildman–Crippen MR) is 136 cm³/mol. The highest BCUT2D eigenvalue weighted by molar-refractivity contribution is 7.91. The Morgan fingerprint density at radius 3 is 2.11 bits per heavy atom. The van der Waals surface area contributed by atoms with Crippen LogP contribution < -0.4 is 11.1 Å². The minimum Gasteiger partial charge on any atom is -0.343 e. The van der Waals surface area contributed by atoms with E-state index in [-0.39, 0.29) is 42.9 Å². The number of carbonyl (C=O) groups is 2. The average molecular weight is 517 g/mol. The number of nitriles is 1. The number of nitrogens with two attached hydrogens (primary N) is 1. The van der Waals surface area contributed by atoms with Crippen molar-refractivity contribution in [1.29, 1.82) is 5.26 Å². The van der Waals surface area contributed by atoms with Gasteiger partial charge in [0.25, 0.3) is 5.91 Å². The smallest absolute Gasteiger partial charge is 0.251 e. The Balaban J connectivity index is 0.000000266. The Kier molecular flexibility index (Phi) is 11.5. The maximum atomic E-state index is 12.4. The van der Waals surface area contributed by atoms with E-state index in [0.717, 1.165) is 18.9 Å². The molecule has 36 heavy (non-hydrogen) atoms. The molecule has 0 radical (unpaired) electrons. The summed E-state index contributed by atoms with van der Waals surface area (Å²) in [4.78, 5) is 25.2. The lowest BCUT2D eigenvalue weighted by molar-refractivity contribution is -0.129. The van der Waals surface area contributed by atoms with Gasteiger partial charge in [0.2, 0.25) is 5.91 Å². The third-order valence-electron chi connectivity index (χ3n) is 5.58. The number of nitrogens with zero attached hydrogens (tertiary/aromatic N) is 2. The van der Waals surface area contributed by atoms with Crippen molar-refractivity contribution in [3.63, 3.8) is 0 Å². The zero-order valence-electron chi connectivity index (χ0n) is 20.5. The lowest BCUT2D eigenvalue weighted by Gasteiger charge is -2.26. The third-order valence-corrected chi connectivity index (χ3v) is 7.19. The highest BCUT2D eigenvalue weighted by Gasteiger charge is 2.25. The lowest BCUT2D eigenvalue weighted by atomic mass is 10.1. The number of sulfone groups is 1. The van der Waals surface area contributed by atoms with Crippen molar-refractivity contribution in [3.05, 3.63) is 71.0 Å². The normalized spacial score (nSPS) is 15.8. The van der Waals surface area contributed by atoms with E-state index < -0.39 is 15.7 Å². The van der Waals surface area contributed by atoms with Gasteiger partial charge in [-0.15, -0.1) is 0 Å². The van der Waals surface area contributed by atoms with Gasteiger partial charge < -0.3 is 16.0 Å². The number of nitrogens with one attached hydrogen (secondary N) is 1. The van der Waals surface area contributed by atoms with Crippen LogP contribution >= 0.6 is 0 Å². The van der Waals surface area contributed by atoms with E-state index in [1.54, 1.807) is 0 Å². The standard InChI is InChI=1S/C14H15N3O4S.C9H9F.C3H9N/c15-9-11-1-3-12(4-2-11)14(19)16-10-13(18)17-5-7-22(20,21)8-6-17;10-9-5-3-8(4-6-9)7-1-2-7;1-2-3-4/h1-4H,5-8,10H2,(H,16,19);3-7H,1-2H2;2-4H2,1H3. The van der Waals surface area contributed by atoms with E-state index in [0.29, 0.717) is 11.1 Å². The Morgan fingerprint density at radius 2 is 1.64 bits per heavy atom. The molecule has 2 amide bonds. The number of benzene rings is 2. The first-order chi connectivity index (χ1) is 17.2. The van der Waals surface area contributed by atoms with Gasteiger partial charge in [-0.3, -0.25) is 9.59 Å². The van der Waals surface area contributed by atoms with E-state index >= 15 is 0 Å². The summed E-state index contributed by atoms with van der Waals surface area (Å²) in [6.45, 7) is 3.01. The van der Waals surface area contributed by atoms with E-state index in [4.69, 9.17) is 11.0 Å². The van der Waals surface area contributed by atoms with E-state index in [2.05, 4.69) is 12.2 Å². The van der Waals surface area contributed by atoms with Crippen molar-refractivity contribution < 1.29 is 22.4 Å². The fourth-order valence-electron chi connectivity index (χ4n) is 3.18. The number of hydrogen-bond acceptors (Lipinski definition) is 6. The lowest BCUT2D eigenvalue weighted by Crippen LogP contribution is -2.47. The number of carbonyl (C=O) groups excluding carboxylic acids is 2. The van der Waals surface area contributed by atoms with E-state index in [1.807, 2.05) is 18.2 Å². The minimum atomic E-state index is -3.04. The van der Waals surface area contributed by atoms with Crippen LogP contribution in [0, 0.1) is 17.1 Å². The molecule has 4 rings (SSSR count). The van der Waals surface area contributed by atoms with Crippen LogP contribution in [0.25, 0.3) is 0 Å².